The summed E-state index contributed by atoms with van der Waals surface area (Å²) >= 11 is 6.09. The van der Waals surface area contributed by atoms with Gasteiger partial charge < -0.3 is 14.2 Å². The molecule has 2 aromatic carbocycles. The van der Waals surface area contributed by atoms with Crippen LogP contribution in [0.2, 0.25) is 5.02 Å². The van der Waals surface area contributed by atoms with Crippen molar-refractivity contribution < 1.29 is 14.1 Å². The standard InChI is InChI=1S/C25H28ClN3O3/c1-17-11-18(2)13-22(12-17)31-16-23-19(3)32-27-24(23)25(30)29-9-7-28(8-10-29)15-20-5-4-6-21(26)14-20/h4-6,11-14H,7-10,15-16H2,1-3H3. The quantitative estimate of drug-likeness (QED) is 0.537. The maximum Gasteiger partial charge on any atom is 0.276 e. The second-order valence-electron chi connectivity index (χ2n) is 8.38. The molecule has 4 rings (SSSR count). The number of hydrogen-bond acceptors (Lipinski definition) is 5. The van der Waals surface area contributed by atoms with Crippen LogP contribution in [0, 0.1) is 20.8 Å². The zero-order valence-corrected chi connectivity index (χ0v) is 19.5. The minimum absolute atomic E-state index is 0.108. The summed E-state index contributed by atoms with van der Waals surface area (Å²) in [5.74, 6) is 1.27. The molecule has 0 aliphatic carbocycles. The fourth-order valence-electron chi connectivity index (χ4n) is 4.05. The molecule has 1 fully saturated rings. The third kappa shape index (κ3) is 5.31. The Labute approximate surface area is 193 Å². The second-order valence-corrected chi connectivity index (χ2v) is 8.81. The van der Waals surface area contributed by atoms with Gasteiger partial charge >= 0.3 is 0 Å². The molecule has 1 aliphatic heterocycles. The number of benzene rings is 2. The Morgan fingerprint density at radius 3 is 2.47 bits per heavy atom. The van der Waals surface area contributed by atoms with Crippen LogP contribution in [0.25, 0.3) is 0 Å². The molecule has 32 heavy (non-hydrogen) atoms. The topological polar surface area (TPSA) is 58.8 Å². The molecule has 1 aromatic heterocycles. The molecule has 0 atom stereocenters. The highest BCUT2D eigenvalue weighted by Crippen LogP contribution is 2.22. The fourth-order valence-corrected chi connectivity index (χ4v) is 4.27. The van der Waals surface area contributed by atoms with E-state index >= 15 is 0 Å². The molecule has 168 valence electrons. The van der Waals surface area contributed by atoms with Crippen LogP contribution < -0.4 is 4.74 Å². The molecule has 1 aliphatic rings. The number of amides is 1. The largest absolute Gasteiger partial charge is 0.489 e. The van der Waals surface area contributed by atoms with E-state index in [0.717, 1.165) is 41.5 Å². The lowest BCUT2D eigenvalue weighted by Gasteiger charge is -2.34. The van der Waals surface area contributed by atoms with Gasteiger partial charge in [-0.25, -0.2) is 0 Å². The number of halogens is 1. The SMILES string of the molecule is Cc1cc(C)cc(OCc2c(C(=O)N3CCN(Cc4cccc(Cl)c4)CC3)noc2C)c1. The predicted molar refractivity (Wildman–Crippen MR) is 124 cm³/mol. The van der Waals surface area contributed by atoms with E-state index in [9.17, 15) is 4.79 Å². The number of ether oxygens (including phenoxy) is 1. The molecule has 1 amide bonds. The number of aromatic nitrogens is 1. The number of carbonyl (C=O) groups is 1. The molecule has 0 spiro atoms. The second kappa shape index (κ2) is 9.76. The van der Waals surface area contributed by atoms with Gasteiger partial charge in [-0.15, -0.1) is 0 Å². The van der Waals surface area contributed by atoms with E-state index in [1.165, 1.54) is 5.56 Å². The Balaban J connectivity index is 1.38. The van der Waals surface area contributed by atoms with Gasteiger partial charge in [0.25, 0.3) is 5.91 Å². The van der Waals surface area contributed by atoms with E-state index in [0.29, 0.717) is 30.1 Å². The Kier molecular flexibility index (Phi) is 6.82. The first-order valence-corrected chi connectivity index (χ1v) is 11.2. The average Bonchev–Trinajstić information content (AvgIpc) is 3.12. The number of piperazine rings is 1. The first-order chi connectivity index (χ1) is 15.4. The van der Waals surface area contributed by atoms with E-state index < -0.39 is 0 Å². The van der Waals surface area contributed by atoms with Gasteiger partial charge in [0, 0.05) is 37.7 Å². The molecule has 0 bridgehead atoms. The highest BCUT2D eigenvalue weighted by Gasteiger charge is 2.28. The van der Waals surface area contributed by atoms with Crippen molar-refractivity contribution in [2.45, 2.75) is 33.9 Å². The van der Waals surface area contributed by atoms with Crippen LogP contribution >= 0.6 is 11.6 Å². The van der Waals surface area contributed by atoms with Crippen LogP contribution in [0.1, 0.15) is 38.5 Å². The van der Waals surface area contributed by atoms with Crippen molar-refractivity contribution in [3.63, 3.8) is 0 Å². The first-order valence-electron chi connectivity index (χ1n) is 10.8. The first kappa shape index (κ1) is 22.4. The Bertz CT molecular complexity index is 1080. The smallest absolute Gasteiger partial charge is 0.276 e. The van der Waals surface area contributed by atoms with Crippen molar-refractivity contribution in [3.8, 4) is 5.75 Å². The van der Waals surface area contributed by atoms with Crippen molar-refractivity contribution >= 4 is 17.5 Å². The zero-order valence-electron chi connectivity index (χ0n) is 18.7. The lowest BCUT2D eigenvalue weighted by atomic mass is 10.1. The number of aryl methyl sites for hydroxylation is 3. The summed E-state index contributed by atoms with van der Waals surface area (Å²) in [6.45, 7) is 9.82. The van der Waals surface area contributed by atoms with E-state index in [1.54, 1.807) is 0 Å². The van der Waals surface area contributed by atoms with Gasteiger partial charge in [-0.3, -0.25) is 9.69 Å². The minimum atomic E-state index is -0.108. The highest BCUT2D eigenvalue weighted by atomic mass is 35.5. The molecule has 1 saturated heterocycles. The van der Waals surface area contributed by atoms with E-state index in [4.69, 9.17) is 20.9 Å². The summed E-state index contributed by atoms with van der Waals surface area (Å²) in [6, 6.07) is 14.0. The molecular weight excluding hydrogens is 426 g/mol. The molecule has 0 saturated carbocycles. The molecule has 3 aromatic rings. The third-order valence-corrected chi connectivity index (χ3v) is 5.96. The fraction of sp³-hybridized carbons (Fsp3) is 0.360. The maximum absolute atomic E-state index is 13.2. The van der Waals surface area contributed by atoms with E-state index in [-0.39, 0.29) is 12.5 Å². The Morgan fingerprint density at radius 2 is 1.78 bits per heavy atom. The van der Waals surface area contributed by atoms with Crippen molar-refractivity contribution in [2.75, 3.05) is 26.2 Å². The molecule has 0 unspecified atom stereocenters. The number of carbonyl (C=O) groups excluding carboxylic acids is 1. The van der Waals surface area contributed by atoms with Crippen LogP contribution in [0.5, 0.6) is 5.75 Å². The van der Waals surface area contributed by atoms with Crippen molar-refractivity contribution in [3.05, 3.63) is 81.2 Å². The minimum Gasteiger partial charge on any atom is -0.489 e. The molecule has 0 N–H and O–H groups in total. The summed E-state index contributed by atoms with van der Waals surface area (Å²) < 4.78 is 11.3. The van der Waals surface area contributed by atoms with Crippen molar-refractivity contribution in [2.24, 2.45) is 0 Å². The van der Waals surface area contributed by atoms with Crippen LogP contribution in [0.4, 0.5) is 0 Å². The summed E-state index contributed by atoms with van der Waals surface area (Å²) in [5, 5.41) is 4.80. The summed E-state index contributed by atoms with van der Waals surface area (Å²) in [4.78, 5) is 17.3. The van der Waals surface area contributed by atoms with Gasteiger partial charge in [0.05, 0.1) is 5.56 Å². The summed E-state index contributed by atoms with van der Waals surface area (Å²) in [7, 11) is 0. The Hall–Kier alpha value is -2.83. The lowest BCUT2D eigenvalue weighted by Crippen LogP contribution is -2.48. The monoisotopic (exact) mass is 453 g/mol. The van der Waals surface area contributed by atoms with Crippen LogP contribution in [0.15, 0.2) is 47.0 Å². The summed E-state index contributed by atoms with van der Waals surface area (Å²) in [6.07, 6.45) is 0. The van der Waals surface area contributed by atoms with E-state index in [2.05, 4.69) is 22.2 Å². The van der Waals surface area contributed by atoms with Gasteiger partial charge in [-0.2, -0.15) is 0 Å². The van der Waals surface area contributed by atoms with Gasteiger partial charge in [0.2, 0.25) is 0 Å². The van der Waals surface area contributed by atoms with Crippen LogP contribution in [0.3, 0.4) is 0 Å². The van der Waals surface area contributed by atoms with E-state index in [1.807, 2.05) is 56.0 Å². The van der Waals surface area contributed by atoms with Gasteiger partial charge in [-0.1, -0.05) is 35.0 Å². The average molecular weight is 454 g/mol. The number of hydrogen-bond donors (Lipinski definition) is 0. The van der Waals surface area contributed by atoms with Gasteiger partial charge in [0.15, 0.2) is 5.69 Å². The molecule has 7 heteroatoms. The third-order valence-electron chi connectivity index (χ3n) is 5.72. The van der Waals surface area contributed by atoms with Crippen molar-refractivity contribution in [1.82, 2.24) is 15.0 Å². The summed E-state index contributed by atoms with van der Waals surface area (Å²) in [5.41, 5.74) is 4.49. The number of nitrogens with zero attached hydrogens (tertiary/aromatic N) is 3. The lowest BCUT2D eigenvalue weighted by molar-refractivity contribution is 0.0616. The van der Waals surface area contributed by atoms with Crippen molar-refractivity contribution in [1.29, 1.82) is 0 Å². The van der Waals surface area contributed by atoms with Gasteiger partial charge in [0.1, 0.15) is 18.1 Å². The Morgan fingerprint density at radius 1 is 1.06 bits per heavy atom. The van der Waals surface area contributed by atoms with Crippen LogP contribution in [-0.4, -0.2) is 47.0 Å². The predicted octanol–water partition coefficient (Wildman–Crippen LogP) is 4.79. The molecule has 2 heterocycles. The normalized spacial score (nSPS) is 14.6. The molecular formula is C25H28ClN3O3. The van der Waals surface area contributed by atoms with Gasteiger partial charge in [-0.05, 0) is 61.7 Å². The number of rotatable bonds is 6. The molecule has 0 radical (unpaired) electrons. The zero-order chi connectivity index (χ0) is 22.7. The maximum atomic E-state index is 13.2. The highest BCUT2D eigenvalue weighted by molar-refractivity contribution is 6.30. The molecule has 6 nitrogen and oxygen atoms in total. The van der Waals surface area contributed by atoms with Crippen LogP contribution in [-0.2, 0) is 13.2 Å².